The summed E-state index contributed by atoms with van der Waals surface area (Å²) in [7, 11) is 0. The number of hydrogen-bond donors (Lipinski definition) is 1. The van der Waals surface area contributed by atoms with Gasteiger partial charge in [0.05, 0.1) is 0 Å². The lowest BCUT2D eigenvalue weighted by atomic mass is 10.1. The molecule has 0 amide bonds. The molecule has 2 heterocycles. The van der Waals surface area contributed by atoms with Gasteiger partial charge >= 0.3 is 0 Å². The molecule has 0 spiro atoms. The Morgan fingerprint density at radius 3 is 2.82 bits per heavy atom. The minimum absolute atomic E-state index is 0.537. The molecule has 90 valence electrons. The van der Waals surface area contributed by atoms with Gasteiger partial charge in [-0.05, 0) is 55.5 Å². The van der Waals surface area contributed by atoms with Crippen molar-refractivity contribution in [2.24, 2.45) is 0 Å². The van der Waals surface area contributed by atoms with E-state index >= 15 is 0 Å². The molecule has 0 aliphatic carbocycles. The van der Waals surface area contributed by atoms with Gasteiger partial charge in [-0.2, -0.15) is 0 Å². The van der Waals surface area contributed by atoms with Crippen molar-refractivity contribution in [1.29, 1.82) is 0 Å². The molecule has 2 aromatic rings. The third-order valence-corrected chi connectivity index (χ3v) is 3.64. The van der Waals surface area contributed by atoms with E-state index in [2.05, 4.69) is 46.9 Å². The predicted octanol–water partition coefficient (Wildman–Crippen LogP) is 2.91. The minimum atomic E-state index is 0.537. The summed E-state index contributed by atoms with van der Waals surface area (Å²) in [5.41, 5.74) is 1.34. The van der Waals surface area contributed by atoms with Gasteiger partial charge in [-0.3, -0.25) is 4.98 Å². The monoisotopic (exact) mass is 246 g/mol. The fourth-order valence-electron chi connectivity index (χ4n) is 1.82. The summed E-state index contributed by atoms with van der Waals surface area (Å²) >= 11 is 1.83. The second kappa shape index (κ2) is 6.52. The highest BCUT2D eigenvalue weighted by molar-refractivity contribution is 7.09. The number of nitrogens with zero attached hydrogens (tertiary/aromatic N) is 1. The summed E-state index contributed by atoms with van der Waals surface area (Å²) in [6, 6.07) is 9.00. The number of thiophene rings is 1. The molecule has 0 saturated heterocycles. The first kappa shape index (κ1) is 12.3. The lowest BCUT2D eigenvalue weighted by Gasteiger charge is -2.12. The number of pyridine rings is 1. The molecule has 0 aliphatic heterocycles. The van der Waals surface area contributed by atoms with E-state index in [1.165, 1.54) is 10.4 Å². The first-order valence-electron chi connectivity index (χ1n) is 5.99. The molecule has 3 heteroatoms. The molecule has 2 rings (SSSR count). The quantitative estimate of drug-likeness (QED) is 0.847. The van der Waals surface area contributed by atoms with Gasteiger partial charge in [-0.25, -0.2) is 0 Å². The van der Waals surface area contributed by atoms with Crippen molar-refractivity contribution in [1.82, 2.24) is 10.3 Å². The van der Waals surface area contributed by atoms with E-state index < -0.39 is 0 Å². The van der Waals surface area contributed by atoms with E-state index in [1.54, 1.807) is 0 Å². The summed E-state index contributed by atoms with van der Waals surface area (Å²) in [4.78, 5) is 5.47. The standard InChI is InChI=1S/C14H18N2S/c1-12(11-14-3-2-10-17-14)16-9-6-13-4-7-15-8-5-13/h2-5,7-8,10,12,16H,6,9,11H2,1H3. The van der Waals surface area contributed by atoms with E-state index in [0.717, 1.165) is 19.4 Å². The largest absolute Gasteiger partial charge is 0.314 e. The second-order valence-corrected chi connectivity index (χ2v) is 5.28. The van der Waals surface area contributed by atoms with Crippen LogP contribution in [0.25, 0.3) is 0 Å². The third kappa shape index (κ3) is 4.29. The van der Waals surface area contributed by atoms with Gasteiger partial charge in [-0.15, -0.1) is 11.3 Å². The van der Waals surface area contributed by atoms with Gasteiger partial charge in [0, 0.05) is 23.3 Å². The molecular formula is C14H18N2S. The average Bonchev–Trinajstić information content (AvgIpc) is 2.83. The number of nitrogens with one attached hydrogen (secondary N) is 1. The molecule has 1 atom stereocenters. The van der Waals surface area contributed by atoms with E-state index in [4.69, 9.17) is 0 Å². The summed E-state index contributed by atoms with van der Waals surface area (Å²) in [5, 5.41) is 5.69. The summed E-state index contributed by atoms with van der Waals surface area (Å²) in [6.07, 6.45) is 5.89. The van der Waals surface area contributed by atoms with Crippen molar-refractivity contribution in [3.05, 3.63) is 52.5 Å². The van der Waals surface area contributed by atoms with Crippen molar-refractivity contribution < 1.29 is 0 Å². The van der Waals surface area contributed by atoms with Crippen LogP contribution in [0.5, 0.6) is 0 Å². The predicted molar refractivity (Wildman–Crippen MR) is 73.4 cm³/mol. The van der Waals surface area contributed by atoms with Crippen molar-refractivity contribution >= 4 is 11.3 Å². The number of rotatable bonds is 6. The average molecular weight is 246 g/mol. The maximum atomic E-state index is 4.02. The topological polar surface area (TPSA) is 24.9 Å². The van der Waals surface area contributed by atoms with Crippen molar-refractivity contribution in [3.8, 4) is 0 Å². The Hall–Kier alpha value is -1.19. The van der Waals surface area contributed by atoms with Crippen LogP contribution >= 0.6 is 11.3 Å². The molecule has 0 radical (unpaired) electrons. The van der Waals surface area contributed by atoms with Crippen molar-refractivity contribution in [2.75, 3.05) is 6.54 Å². The summed E-state index contributed by atoms with van der Waals surface area (Å²) < 4.78 is 0. The highest BCUT2D eigenvalue weighted by atomic mass is 32.1. The van der Waals surface area contributed by atoms with Gasteiger partial charge in [0.25, 0.3) is 0 Å². The zero-order valence-electron chi connectivity index (χ0n) is 10.1. The van der Waals surface area contributed by atoms with Crippen LogP contribution in [0.15, 0.2) is 42.0 Å². The number of hydrogen-bond acceptors (Lipinski definition) is 3. The van der Waals surface area contributed by atoms with Gasteiger partial charge in [0.2, 0.25) is 0 Å². The smallest absolute Gasteiger partial charge is 0.0270 e. The fraction of sp³-hybridized carbons (Fsp3) is 0.357. The fourth-order valence-corrected chi connectivity index (χ4v) is 2.65. The molecule has 0 fully saturated rings. The molecule has 2 nitrogen and oxygen atoms in total. The van der Waals surface area contributed by atoms with Crippen LogP contribution in [0, 0.1) is 0 Å². The van der Waals surface area contributed by atoms with E-state index in [0.29, 0.717) is 6.04 Å². The van der Waals surface area contributed by atoms with E-state index in [9.17, 15) is 0 Å². The van der Waals surface area contributed by atoms with Crippen LogP contribution in [0.4, 0.5) is 0 Å². The van der Waals surface area contributed by atoms with E-state index in [-0.39, 0.29) is 0 Å². The van der Waals surface area contributed by atoms with Gasteiger partial charge in [0.15, 0.2) is 0 Å². The highest BCUT2D eigenvalue weighted by Crippen LogP contribution is 2.10. The van der Waals surface area contributed by atoms with Crippen LogP contribution in [-0.2, 0) is 12.8 Å². The summed E-state index contributed by atoms with van der Waals surface area (Å²) in [6.45, 7) is 3.27. The SMILES string of the molecule is CC(Cc1cccs1)NCCc1ccncc1. The minimum Gasteiger partial charge on any atom is -0.314 e. The molecule has 2 aromatic heterocycles. The Balaban J connectivity index is 1.68. The van der Waals surface area contributed by atoms with Gasteiger partial charge in [0.1, 0.15) is 0 Å². The number of aromatic nitrogens is 1. The zero-order valence-corrected chi connectivity index (χ0v) is 10.9. The maximum absolute atomic E-state index is 4.02. The summed E-state index contributed by atoms with van der Waals surface area (Å²) in [5.74, 6) is 0. The van der Waals surface area contributed by atoms with E-state index in [1.807, 2.05) is 23.7 Å². The Kier molecular flexibility index (Phi) is 4.71. The molecule has 17 heavy (non-hydrogen) atoms. The first-order valence-corrected chi connectivity index (χ1v) is 6.87. The van der Waals surface area contributed by atoms with Crippen molar-refractivity contribution in [2.45, 2.75) is 25.8 Å². The van der Waals surface area contributed by atoms with Gasteiger partial charge in [-0.1, -0.05) is 6.07 Å². The zero-order chi connectivity index (χ0) is 11.9. The molecular weight excluding hydrogens is 228 g/mol. The van der Waals surface area contributed by atoms with Crippen LogP contribution in [0.3, 0.4) is 0 Å². The van der Waals surface area contributed by atoms with Crippen molar-refractivity contribution in [3.63, 3.8) is 0 Å². The van der Waals surface area contributed by atoms with Crippen LogP contribution < -0.4 is 5.32 Å². The molecule has 1 unspecified atom stereocenters. The Bertz CT molecular complexity index is 411. The lowest BCUT2D eigenvalue weighted by Crippen LogP contribution is -2.29. The van der Waals surface area contributed by atoms with Crippen LogP contribution in [0.1, 0.15) is 17.4 Å². The highest BCUT2D eigenvalue weighted by Gasteiger charge is 2.03. The molecule has 0 saturated carbocycles. The molecule has 0 bridgehead atoms. The normalized spacial score (nSPS) is 12.5. The molecule has 1 N–H and O–H groups in total. The van der Waals surface area contributed by atoms with Crippen LogP contribution in [-0.4, -0.2) is 17.6 Å². The Labute approximate surface area is 107 Å². The first-order chi connectivity index (χ1) is 8.34. The Morgan fingerprint density at radius 2 is 2.12 bits per heavy atom. The molecule has 0 aromatic carbocycles. The van der Waals surface area contributed by atoms with Gasteiger partial charge < -0.3 is 5.32 Å². The lowest BCUT2D eigenvalue weighted by molar-refractivity contribution is 0.551. The molecule has 0 aliphatic rings. The second-order valence-electron chi connectivity index (χ2n) is 4.24. The van der Waals surface area contributed by atoms with Crippen LogP contribution in [0.2, 0.25) is 0 Å². The maximum Gasteiger partial charge on any atom is 0.0270 e. The Morgan fingerprint density at radius 1 is 1.29 bits per heavy atom. The third-order valence-electron chi connectivity index (χ3n) is 2.74.